The Hall–Kier alpha value is -1.36. The number of likely N-dealkylation sites (tertiary alicyclic amines) is 1. The Kier molecular flexibility index (Phi) is 4.24. The highest BCUT2D eigenvalue weighted by Gasteiger charge is 2.19. The van der Waals surface area contributed by atoms with Crippen LogP contribution in [0.3, 0.4) is 0 Å². The lowest BCUT2D eigenvalue weighted by Gasteiger charge is -2.21. The standard InChI is InChI=1S/C14H24N4O/c1-14(2,3)16-10-12-15-6-9-18(12)11-13(19)17-7-4-5-8-17/h6,9,16H,4-5,7-8,10-11H2,1-3H3. The number of aromatic nitrogens is 2. The van der Waals surface area contributed by atoms with E-state index in [0.717, 1.165) is 31.8 Å². The van der Waals surface area contributed by atoms with Crippen LogP contribution in [0.5, 0.6) is 0 Å². The van der Waals surface area contributed by atoms with Crippen LogP contribution in [-0.2, 0) is 17.9 Å². The molecular formula is C14H24N4O. The Morgan fingerprint density at radius 3 is 2.68 bits per heavy atom. The van der Waals surface area contributed by atoms with Gasteiger partial charge in [-0.15, -0.1) is 0 Å². The summed E-state index contributed by atoms with van der Waals surface area (Å²) in [5.74, 6) is 1.12. The van der Waals surface area contributed by atoms with Crippen LogP contribution in [0.15, 0.2) is 12.4 Å². The number of rotatable bonds is 4. The molecule has 0 atom stereocenters. The Morgan fingerprint density at radius 1 is 1.37 bits per heavy atom. The van der Waals surface area contributed by atoms with E-state index in [1.807, 2.05) is 15.7 Å². The zero-order valence-electron chi connectivity index (χ0n) is 12.1. The van der Waals surface area contributed by atoms with Gasteiger partial charge in [0.05, 0.1) is 6.54 Å². The molecule has 0 bridgehead atoms. The average Bonchev–Trinajstić information content (AvgIpc) is 2.96. The van der Waals surface area contributed by atoms with E-state index in [4.69, 9.17) is 0 Å². The van der Waals surface area contributed by atoms with E-state index in [0.29, 0.717) is 13.1 Å². The van der Waals surface area contributed by atoms with Crippen LogP contribution >= 0.6 is 0 Å². The van der Waals surface area contributed by atoms with E-state index >= 15 is 0 Å². The van der Waals surface area contributed by atoms with Gasteiger partial charge in [0.2, 0.25) is 5.91 Å². The molecule has 19 heavy (non-hydrogen) atoms. The normalized spacial score (nSPS) is 16.1. The second-order valence-electron chi connectivity index (χ2n) is 6.16. The molecule has 0 aliphatic carbocycles. The molecule has 1 aromatic heterocycles. The minimum atomic E-state index is 0.0513. The van der Waals surface area contributed by atoms with Crippen molar-refractivity contribution in [3.63, 3.8) is 0 Å². The molecule has 106 valence electrons. The fraction of sp³-hybridized carbons (Fsp3) is 0.714. The average molecular weight is 264 g/mol. The summed E-state index contributed by atoms with van der Waals surface area (Å²) in [6.07, 6.45) is 5.91. The molecule has 2 rings (SSSR count). The van der Waals surface area contributed by atoms with Crippen LogP contribution in [0, 0.1) is 0 Å². The number of amides is 1. The molecule has 2 heterocycles. The Labute approximate surface area is 115 Å². The molecule has 0 spiro atoms. The quantitative estimate of drug-likeness (QED) is 0.894. The molecule has 0 aromatic carbocycles. The lowest BCUT2D eigenvalue weighted by atomic mass is 10.1. The Balaban J connectivity index is 1.93. The highest BCUT2D eigenvalue weighted by molar-refractivity contribution is 5.76. The molecule has 1 saturated heterocycles. The van der Waals surface area contributed by atoms with Crippen LogP contribution in [0.25, 0.3) is 0 Å². The summed E-state index contributed by atoms with van der Waals surface area (Å²) in [4.78, 5) is 18.4. The van der Waals surface area contributed by atoms with E-state index in [-0.39, 0.29) is 11.4 Å². The van der Waals surface area contributed by atoms with Gasteiger partial charge in [0.1, 0.15) is 12.4 Å². The zero-order valence-corrected chi connectivity index (χ0v) is 12.1. The number of nitrogens with one attached hydrogen (secondary N) is 1. The first-order valence-electron chi connectivity index (χ1n) is 6.98. The monoisotopic (exact) mass is 264 g/mol. The molecule has 1 aromatic rings. The molecular weight excluding hydrogens is 240 g/mol. The van der Waals surface area contributed by atoms with Crippen LogP contribution in [-0.4, -0.2) is 39.0 Å². The molecule has 5 heteroatoms. The van der Waals surface area contributed by atoms with Crippen molar-refractivity contribution >= 4 is 5.91 Å². The van der Waals surface area contributed by atoms with Gasteiger partial charge in [0.15, 0.2) is 0 Å². The van der Waals surface area contributed by atoms with Crippen molar-refractivity contribution in [3.05, 3.63) is 18.2 Å². The first-order valence-corrected chi connectivity index (χ1v) is 6.98. The molecule has 0 saturated carbocycles. The molecule has 1 fully saturated rings. The number of hydrogen-bond donors (Lipinski definition) is 1. The van der Waals surface area contributed by atoms with Crippen LogP contribution in [0.1, 0.15) is 39.4 Å². The highest BCUT2D eigenvalue weighted by atomic mass is 16.2. The Bertz CT molecular complexity index is 427. The third-order valence-corrected chi connectivity index (χ3v) is 3.34. The summed E-state index contributed by atoms with van der Waals surface area (Å²) in [5.41, 5.74) is 0.0513. The minimum absolute atomic E-state index is 0.0513. The number of carbonyl (C=O) groups excluding carboxylic acids is 1. The van der Waals surface area contributed by atoms with Gasteiger partial charge in [-0.2, -0.15) is 0 Å². The number of hydrogen-bond acceptors (Lipinski definition) is 3. The van der Waals surface area contributed by atoms with E-state index in [9.17, 15) is 4.79 Å². The molecule has 1 amide bonds. The largest absolute Gasteiger partial charge is 0.341 e. The van der Waals surface area contributed by atoms with Crippen molar-refractivity contribution in [3.8, 4) is 0 Å². The lowest BCUT2D eigenvalue weighted by molar-refractivity contribution is -0.130. The van der Waals surface area contributed by atoms with Gasteiger partial charge >= 0.3 is 0 Å². The summed E-state index contributed by atoms with van der Waals surface area (Å²) < 4.78 is 1.94. The molecule has 5 nitrogen and oxygen atoms in total. The van der Waals surface area contributed by atoms with Gasteiger partial charge in [0, 0.05) is 31.0 Å². The maximum atomic E-state index is 12.1. The third kappa shape index (κ3) is 4.06. The summed E-state index contributed by atoms with van der Waals surface area (Å²) in [6, 6.07) is 0. The second kappa shape index (κ2) is 5.74. The van der Waals surface area contributed by atoms with Crippen LogP contribution in [0.2, 0.25) is 0 Å². The van der Waals surface area contributed by atoms with Gasteiger partial charge in [0.25, 0.3) is 0 Å². The maximum Gasteiger partial charge on any atom is 0.242 e. The number of imidazole rings is 1. The lowest BCUT2D eigenvalue weighted by Crippen LogP contribution is -2.36. The SMILES string of the molecule is CC(C)(C)NCc1nccn1CC(=O)N1CCCC1. The maximum absolute atomic E-state index is 12.1. The van der Waals surface area contributed by atoms with Crippen molar-refractivity contribution in [2.45, 2.75) is 52.2 Å². The summed E-state index contributed by atoms with van der Waals surface area (Å²) in [6.45, 7) is 9.26. The van der Waals surface area contributed by atoms with Crippen LogP contribution < -0.4 is 5.32 Å². The summed E-state index contributed by atoms with van der Waals surface area (Å²) >= 11 is 0. The summed E-state index contributed by atoms with van der Waals surface area (Å²) in [5, 5.41) is 3.40. The van der Waals surface area contributed by atoms with E-state index in [1.54, 1.807) is 6.20 Å². The second-order valence-corrected chi connectivity index (χ2v) is 6.16. The first-order chi connectivity index (χ1) is 8.96. The van der Waals surface area contributed by atoms with E-state index in [2.05, 4.69) is 31.1 Å². The van der Waals surface area contributed by atoms with Gasteiger partial charge in [-0.05, 0) is 33.6 Å². The number of carbonyl (C=O) groups is 1. The van der Waals surface area contributed by atoms with Gasteiger partial charge in [-0.25, -0.2) is 4.98 Å². The van der Waals surface area contributed by atoms with Crippen molar-refractivity contribution in [1.82, 2.24) is 19.8 Å². The third-order valence-electron chi connectivity index (χ3n) is 3.34. The van der Waals surface area contributed by atoms with E-state index < -0.39 is 0 Å². The van der Waals surface area contributed by atoms with Gasteiger partial charge in [-0.3, -0.25) is 4.79 Å². The predicted molar refractivity (Wildman–Crippen MR) is 74.6 cm³/mol. The topological polar surface area (TPSA) is 50.2 Å². The molecule has 1 N–H and O–H groups in total. The molecule has 0 unspecified atom stereocenters. The number of nitrogens with zero attached hydrogens (tertiary/aromatic N) is 3. The molecule has 1 aliphatic rings. The molecule has 0 radical (unpaired) electrons. The fourth-order valence-electron chi connectivity index (χ4n) is 2.21. The zero-order chi connectivity index (χ0) is 13.9. The highest BCUT2D eigenvalue weighted by Crippen LogP contribution is 2.09. The Morgan fingerprint density at radius 2 is 2.05 bits per heavy atom. The fourth-order valence-corrected chi connectivity index (χ4v) is 2.21. The van der Waals surface area contributed by atoms with Gasteiger partial charge in [-0.1, -0.05) is 0 Å². The first kappa shape index (κ1) is 14.1. The van der Waals surface area contributed by atoms with Gasteiger partial charge < -0.3 is 14.8 Å². The van der Waals surface area contributed by atoms with Crippen molar-refractivity contribution < 1.29 is 4.79 Å². The van der Waals surface area contributed by atoms with Crippen molar-refractivity contribution in [2.75, 3.05) is 13.1 Å². The predicted octanol–water partition coefficient (Wildman–Crippen LogP) is 1.39. The molecule has 1 aliphatic heterocycles. The van der Waals surface area contributed by atoms with Crippen molar-refractivity contribution in [1.29, 1.82) is 0 Å². The smallest absolute Gasteiger partial charge is 0.242 e. The summed E-state index contributed by atoms with van der Waals surface area (Å²) in [7, 11) is 0. The van der Waals surface area contributed by atoms with Crippen molar-refractivity contribution in [2.24, 2.45) is 0 Å². The van der Waals surface area contributed by atoms with Crippen LogP contribution in [0.4, 0.5) is 0 Å². The minimum Gasteiger partial charge on any atom is -0.341 e. The van der Waals surface area contributed by atoms with E-state index in [1.165, 1.54) is 0 Å².